The summed E-state index contributed by atoms with van der Waals surface area (Å²) in [6, 6.07) is 8.77. The summed E-state index contributed by atoms with van der Waals surface area (Å²) in [7, 11) is 0. The summed E-state index contributed by atoms with van der Waals surface area (Å²) in [6.07, 6.45) is 1.12. The number of aryl methyl sites for hydroxylation is 1. The molecule has 0 saturated carbocycles. The zero-order valence-electron chi connectivity index (χ0n) is 11.3. The van der Waals surface area contributed by atoms with Gasteiger partial charge in [0.25, 0.3) is 0 Å². The normalized spacial score (nSPS) is 12.7. The quantitative estimate of drug-likeness (QED) is 0.518. The summed E-state index contributed by atoms with van der Waals surface area (Å²) in [5.41, 5.74) is 1.27. The fourth-order valence-corrected chi connectivity index (χ4v) is 4.52. The molecule has 108 valence electrons. The second-order valence-electron chi connectivity index (χ2n) is 4.61. The highest BCUT2D eigenvalue weighted by Crippen LogP contribution is 2.37. The predicted octanol–water partition coefficient (Wildman–Crippen LogP) is 6.43. The van der Waals surface area contributed by atoms with Gasteiger partial charge in [-0.25, -0.2) is 0 Å². The molecule has 2 rings (SSSR count). The van der Waals surface area contributed by atoms with E-state index in [-0.39, 0.29) is 6.04 Å². The van der Waals surface area contributed by atoms with E-state index in [4.69, 9.17) is 0 Å². The van der Waals surface area contributed by atoms with E-state index in [1.54, 1.807) is 0 Å². The van der Waals surface area contributed by atoms with Crippen molar-refractivity contribution in [2.45, 2.75) is 26.3 Å². The molecule has 1 unspecified atom stereocenters. The minimum Gasteiger partial charge on any atom is -0.306 e. The summed E-state index contributed by atoms with van der Waals surface area (Å²) in [5.74, 6) is 0. The van der Waals surface area contributed by atoms with E-state index in [1.165, 1.54) is 19.8 Å². The van der Waals surface area contributed by atoms with Gasteiger partial charge in [0.15, 0.2) is 0 Å². The molecule has 20 heavy (non-hydrogen) atoms. The Kier molecular flexibility index (Phi) is 6.29. The van der Waals surface area contributed by atoms with Crippen LogP contribution in [0.25, 0.3) is 0 Å². The van der Waals surface area contributed by atoms with Gasteiger partial charge in [0.05, 0.1) is 6.04 Å². The monoisotopic (exact) mass is 479 g/mol. The minimum absolute atomic E-state index is 0.219. The molecule has 1 N–H and O–H groups in total. The van der Waals surface area contributed by atoms with Crippen LogP contribution in [0.15, 0.2) is 37.7 Å². The van der Waals surface area contributed by atoms with Crippen LogP contribution in [-0.4, -0.2) is 6.54 Å². The van der Waals surface area contributed by atoms with Crippen LogP contribution in [0.4, 0.5) is 0 Å². The van der Waals surface area contributed by atoms with Gasteiger partial charge < -0.3 is 5.32 Å². The fourth-order valence-electron chi connectivity index (χ4n) is 2.01. The van der Waals surface area contributed by atoms with Crippen LogP contribution in [0.5, 0.6) is 0 Å². The van der Waals surface area contributed by atoms with Crippen LogP contribution in [0.1, 0.15) is 34.7 Å². The molecule has 0 bridgehead atoms. The Hall–Kier alpha value is 0.320. The lowest BCUT2D eigenvalue weighted by Crippen LogP contribution is -2.22. The van der Waals surface area contributed by atoms with Gasteiger partial charge in [-0.3, -0.25) is 0 Å². The Morgan fingerprint density at radius 2 is 1.90 bits per heavy atom. The molecule has 1 heterocycles. The van der Waals surface area contributed by atoms with Crippen molar-refractivity contribution in [3.8, 4) is 0 Å². The molecule has 0 aliphatic carbocycles. The summed E-state index contributed by atoms with van der Waals surface area (Å²) >= 11 is 12.7. The molecule has 0 aliphatic rings. The maximum Gasteiger partial charge on any atom is 0.0682 e. The maximum atomic E-state index is 3.68. The van der Waals surface area contributed by atoms with Crippen molar-refractivity contribution >= 4 is 59.1 Å². The fraction of sp³-hybridized carbons (Fsp3) is 0.333. The minimum atomic E-state index is 0.219. The van der Waals surface area contributed by atoms with E-state index >= 15 is 0 Å². The van der Waals surface area contributed by atoms with Gasteiger partial charge in [0.2, 0.25) is 0 Å². The largest absolute Gasteiger partial charge is 0.306 e. The third kappa shape index (κ3) is 3.95. The molecule has 0 saturated heterocycles. The zero-order valence-corrected chi connectivity index (χ0v) is 16.9. The smallest absolute Gasteiger partial charge is 0.0682 e. The summed E-state index contributed by atoms with van der Waals surface area (Å²) < 4.78 is 3.43. The van der Waals surface area contributed by atoms with E-state index in [2.05, 4.69) is 91.2 Å². The first kappa shape index (κ1) is 16.7. The average molecular weight is 482 g/mol. The predicted molar refractivity (Wildman–Crippen MR) is 98.7 cm³/mol. The van der Waals surface area contributed by atoms with Crippen molar-refractivity contribution < 1.29 is 0 Å². The first-order valence-electron chi connectivity index (χ1n) is 6.47. The number of benzene rings is 1. The van der Waals surface area contributed by atoms with Crippen LogP contribution >= 0.6 is 59.1 Å². The lowest BCUT2D eigenvalue weighted by atomic mass is 10.1. The van der Waals surface area contributed by atoms with Crippen LogP contribution in [-0.2, 0) is 0 Å². The van der Waals surface area contributed by atoms with Gasteiger partial charge in [-0.15, -0.1) is 11.3 Å². The summed E-state index contributed by atoms with van der Waals surface area (Å²) in [4.78, 5) is 2.65. The van der Waals surface area contributed by atoms with Gasteiger partial charge in [-0.2, -0.15) is 0 Å². The van der Waals surface area contributed by atoms with Crippen molar-refractivity contribution in [2.75, 3.05) is 6.54 Å². The van der Waals surface area contributed by atoms with Crippen molar-refractivity contribution in [3.05, 3.63) is 53.0 Å². The molecular formula is C15H16Br3NS. The van der Waals surface area contributed by atoms with Gasteiger partial charge in [-0.1, -0.05) is 38.8 Å². The van der Waals surface area contributed by atoms with E-state index in [1.807, 2.05) is 11.3 Å². The second kappa shape index (κ2) is 7.54. The Morgan fingerprint density at radius 1 is 1.15 bits per heavy atom. The standard InChI is InChI=1S/C15H16Br3NS/c1-3-6-19-15(14-8-13(18)9(2)20-14)11-7-10(16)4-5-12(11)17/h4-5,7-8,15,19H,3,6H2,1-2H3. The van der Waals surface area contributed by atoms with E-state index in [9.17, 15) is 0 Å². The molecule has 1 atom stereocenters. The Balaban J connectivity index is 2.43. The highest BCUT2D eigenvalue weighted by atomic mass is 79.9. The molecule has 1 aromatic heterocycles. The number of rotatable bonds is 5. The molecule has 5 heteroatoms. The molecule has 0 spiro atoms. The van der Waals surface area contributed by atoms with Crippen molar-refractivity contribution in [1.29, 1.82) is 0 Å². The molecule has 1 aromatic carbocycles. The van der Waals surface area contributed by atoms with E-state index in [0.29, 0.717) is 0 Å². The molecule has 1 nitrogen and oxygen atoms in total. The summed E-state index contributed by atoms with van der Waals surface area (Å²) in [6.45, 7) is 5.33. The third-order valence-corrected chi connectivity index (χ3v) is 6.45. The zero-order chi connectivity index (χ0) is 14.7. The maximum absolute atomic E-state index is 3.68. The van der Waals surface area contributed by atoms with E-state index < -0.39 is 0 Å². The second-order valence-corrected chi connectivity index (χ2v) is 8.52. The van der Waals surface area contributed by atoms with Gasteiger partial charge in [0.1, 0.15) is 0 Å². The molecular weight excluding hydrogens is 466 g/mol. The third-order valence-electron chi connectivity index (χ3n) is 3.03. The number of thiophene rings is 1. The van der Waals surface area contributed by atoms with E-state index in [0.717, 1.165) is 21.9 Å². The van der Waals surface area contributed by atoms with Crippen molar-refractivity contribution in [3.63, 3.8) is 0 Å². The lowest BCUT2D eigenvalue weighted by molar-refractivity contribution is 0.604. The number of hydrogen-bond acceptors (Lipinski definition) is 2. The number of halogens is 3. The lowest BCUT2D eigenvalue weighted by Gasteiger charge is -2.19. The number of hydrogen-bond donors (Lipinski definition) is 1. The Labute approximate surface area is 149 Å². The highest BCUT2D eigenvalue weighted by molar-refractivity contribution is 9.11. The van der Waals surface area contributed by atoms with Gasteiger partial charge in [0, 0.05) is 23.2 Å². The Morgan fingerprint density at radius 3 is 2.50 bits per heavy atom. The Bertz CT molecular complexity index is 575. The van der Waals surface area contributed by atoms with Crippen LogP contribution in [0.3, 0.4) is 0 Å². The van der Waals surface area contributed by atoms with Crippen LogP contribution < -0.4 is 5.32 Å². The average Bonchev–Trinajstić information content (AvgIpc) is 2.74. The first-order chi connectivity index (χ1) is 9.52. The molecule has 0 amide bonds. The molecule has 0 radical (unpaired) electrons. The van der Waals surface area contributed by atoms with Crippen molar-refractivity contribution in [2.24, 2.45) is 0 Å². The highest BCUT2D eigenvalue weighted by Gasteiger charge is 2.19. The SMILES string of the molecule is CCCNC(c1cc(Br)c(C)s1)c1cc(Br)ccc1Br. The van der Waals surface area contributed by atoms with Crippen molar-refractivity contribution in [1.82, 2.24) is 5.32 Å². The molecule has 0 fully saturated rings. The van der Waals surface area contributed by atoms with Gasteiger partial charge in [-0.05, 0) is 65.6 Å². The molecule has 0 aliphatic heterocycles. The topological polar surface area (TPSA) is 12.0 Å². The molecule has 2 aromatic rings. The van der Waals surface area contributed by atoms with Gasteiger partial charge >= 0.3 is 0 Å². The van der Waals surface area contributed by atoms with Crippen LogP contribution in [0, 0.1) is 6.92 Å². The first-order valence-corrected chi connectivity index (χ1v) is 9.66. The van der Waals surface area contributed by atoms with Crippen LogP contribution in [0.2, 0.25) is 0 Å². The summed E-state index contributed by atoms with van der Waals surface area (Å²) in [5, 5.41) is 3.65. The number of nitrogens with one attached hydrogen (secondary N) is 1.